The molecule has 3 rings (SSSR count). The summed E-state index contributed by atoms with van der Waals surface area (Å²) >= 11 is 6.38. The Morgan fingerprint density at radius 1 is 1.25 bits per heavy atom. The summed E-state index contributed by atoms with van der Waals surface area (Å²) in [6.07, 6.45) is 5.51. The fourth-order valence-electron chi connectivity index (χ4n) is 3.06. The van der Waals surface area contributed by atoms with Gasteiger partial charge in [-0.3, -0.25) is 9.78 Å². The molecule has 150 valence electrons. The summed E-state index contributed by atoms with van der Waals surface area (Å²) in [6, 6.07) is 3.84. The molecule has 28 heavy (non-hydrogen) atoms. The van der Waals surface area contributed by atoms with Gasteiger partial charge in [0.25, 0.3) is 0 Å². The van der Waals surface area contributed by atoms with Crippen LogP contribution in [0.3, 0.4) is 0 Å². The summed E-state index contributed by atoms with van der Waals surface area (Å²) in [6.45, 7) is 8.23. The number of nitrogens with one attached hydrogen (secondary N) is 2. The highest BCUT2D eigenvalue weighted by molar-refractivity contribution is 6.33. The lowest BCUT2D eigenvalue weighted by Crippen LogP contribution is -2.23. The average molecular weight is 403 g/mol. The second kappa shape index (κ2) is 9.34. The van der Waals surface area contributed by atoms with E-state index in [2.05, 4.69) is 26.7 Å². The standard InChI is InChI=1S/C21H27ClN4O2/c1-13(2)21(27)26-20-9-17(18(22)12-25-20)16-8-19(14(3)23-11-16)24-10-15-4-6-28-7-5-15/h8-9,11-13,15,24H,4-7,10H2,1-3H3,(H,25,26,27). The molecular weight excluding hydrogens is 376 g/mol. The Balaban J connectivity index is 1.79. The van der Waals surface area contributed by atoms with E-state index in [1.54, 1.807) is 18.5 Å². The van der Waals surface area contributed by atoms with Gasteiger partial charge < -0.3 is 15.4 Å². The Bertz CT molecular complexity index is 835. The van der Waals surface area contributed by atoms with Crippen LogP contribution in [-0.4, -0.2) is 35.6 Å². The van der Waals surface area contributed by atoms with E-state index < -0.39 is 0 Å². The SMILES string of the molecule is Cc1ncc(-c2cc(NC(=O)C(C)C)ncc2Cl)cc1NCC1CCOCC1. The normalized spacial score (nSPS) is 14.9. The van der Waals surface area contributed by atoms with Crippen molar-refractivity contribution < 1.29 is 9.53 Å². The van der Waals surface area contributed by atoms with Crippen molar-refractivity contribution in [3.63, 3.8) is 0 Å². The maximum absolute atomic E-state index is 12.0. The first-order chi connectivity index (χ1) is 13.4. The summed E-state index contributed by atoms with van der Waals surface area (Å²) in [5.41, 5.74) is 3.60. The number of amides is 1. The van der Waals surface area contributed by atoms with Gasteiger partial charge in [0.1, 0.15) is 5.82 Å². The number of rotatable bonds is 6. The Labute approximate surface area is 171 Å². The number of anilines is 2. The van der Waals surface area contributed by atoms with Crippen LogP contribution in [0.4, 0.5) is 11.5 Å². The molecule has 0 spiro atoms. The number of halogens is 1. The second-order valence-electron chi connectivity index (χ2n) is 7.49. The van der Waals surface area contributed by atoms with Crippen LogP contribution in [0.1, 0.15) is 32.4 Å². The third kappa shape index (κ3) is 5.20. The predicted molar refractivity (Wildman–Crippen MR) is 113 cm³/mol. The molecule has 0 saturated carbocycles. The van der Waals surface area contributed by atoms with Gasteiger partial charge >= 0.3 is 0 Å². The van der Waals surface area contributed by atoms with E-state index in [4.69, 9.17) is 16.3 Å². The molecule has 0 unspecified atom stereocenters. The molecule has 1 fully saturated rings. The van der Waals surface area contributed by atoms with Crippen LogP contribution in [0.25, 0.3) is 11.1 Å². The van der Waals surface area contributed by atoms with Crippen LogP contribution in [0.5, 0.6) is 0 Å². The monoisotopic (exact) mass is 402 g/mol. The smallest absolute Gasteiger partial charge is 0.228 e. The number of carbonyl (C=O) groups is 1. The van der Waals surface area contributed by atoms with Crippen LogP contribution in [0.2, 0.25) is 5.02 Å². The number of hydrogen-bond donors (Lipinski definition) is 2. The van der Waals surface area contributed by atoms with Gasteiger partial charge in [0, 0.05) is 49.2 Å². The van der Waals surface area contributed by atoms with Crippen molar-refractivity contribution in [2.45, 2.75) is 33.6 Å². The minimum Gasteiger partial charge on any atom is -0.383 e. The number of pyridine rings is 2. The predicted octanol–water partition coefficient (Wildman–Crippen LogP) is 4.54. The van der Waals surface area contributed by atoms with Gasteiger partial charge in [-0.2, -0.15) is 0 Å². The van der Waals surface area contributed by atoms with E-state index >= 15 is 0 Å². The molecule has 6 nitrogen and oxygen atoms in total. The summed E-state index contributed by atoms with van der Waals surface area (Å²) in [4.78, 5) is 20.7. The average Bonchev–Trinajstić information content (AvgIpc) is 2.69. The molecule has 3 heterocycles. The summed E-state index contributed by atoms with van der Waals surface area (Å²) < 4.78 is 5.43. The van der Waals surface area contributed by atoms with Crippen molar-refractivity contribution in [2.24, 2.45) is 11.8 Å². The molecule has 1 amide bonds. The fourth-order valence-corrected chi connectivity index (χ4v) is 3.28. The van der Waals surface area contributed by atoms with Crippen LogP contribution in [0.15, 0.2) is 24.5 Å². The van der Waals surface area contributed by atoms with Crippen molar-refractivity contribution in [2.75, 3.05) is 30.4 Å². The highest BCUT2D eigenvalue weighted by Gasteiger charge is 2.15. The first kappa shape index (κ1) is 20.6. The Hall–Kier alpha value is -2.18. The maximum atomic E-state index is 12.0. The molecule has 0 aliphatic carbocycles. The zero-order chi connectivity index (χ0) is 20.1. The van der Waals surface area contributed by atoms with Gasteiger partial charge in [0.05, 0.1) is 16.4 Å². The molecule has 0 radical (unpaired) electrons. The molecule has 0 bridgehead atoms. The lowest BCUT2D eigenvalue weighted by Gasteiger charge is -2.23. The number of nitrogens with zero attached hydrogens (tertiary/aromatic N) is 2. The first-order valence-electron chi connectivity index (χ1n) is 9.69. The first-order valence-corrected chi connectivity index (χ1v) is 10.1. The zero-order valence-electron chi connectivity index (χ0n) is 16.6. The molecule has 1 aliphatic heterocycles. The number of carbonyl (C=O) groups excluding carboxylic acids is 1. The van der Waals surface area contributed by atoms with Crippen LogP contribution in [0, 0.1) is 18.8 Å². The van der Waals surface area contributed by atoms with Gasteiger partial charge in [0.15, 0.2) is 0 Å². The third-order valence-electron chi connectivity index (χ3n) is 4.95. The van der Waals surface area contributed by atoms with Gasteiger partial charge in [-0.25, -0.2) is 4.98 Å². The highest BCUT2D eigenvalue weighted by atomic mass is 35.5. The lowest BCUT2D eigenvalue weighted by atomic mass is 10.00. The summed E-state index contributed by atoms with van der Waals surface area (Å²) in [5.74, 6) is 0.888. The van der Waals surface area contributed by atoms with Crippen molar-refractivity contribution in [3.05, 3.63) is 35.2 Å². The maximum Gasteiger partial charge on any atom is 0.228 e. The highest BCUT2D eigenvalue weighted by Crippen LogP contribution is 2.31. The van der Waals surface area contributed by atoms with Crippen LogP contribution >= 0.6 is 11.6 Å². The van der Waals surface area contributed by atoms with E-state index in [0.29, 0.717) is 16.8 Å². The van der Waals surface area contributed by atoms with Crippen molar-refractivity contribution >= 4 is 29.0 Å². The summed E-state index contributed by atoms with van der Waals surface area (Å²) in [5, 5.41) is 6.86. The molecule has 1 aliphatic rings. The quantitative estimate of drug-likeness (QED) is 0.741. The minimum absolute atomic E-state index is 0.0818. The number of aromatic nitrogens is 2. The fraction of sp³-hybridized carbons (Fsp3) is 0.476. The molecule has 7 heteroatoms. The van der Waals surface area contributed by atoms with Gasteiger partial charge in [-0.05, 0) is 37.8 Å². The number of aryl methyl sites for hydroxylation is 1. The molecule has 2 aromatic heterocycles. The van der Waals surface area contributed by atoms with Gasteiger partial charge in [0.2, 0.25) is 5.91 Å². The second-order valence-corrected chi connectivity index (χ2v) is 7.89. The van der Waals surface area contributed by atoms with E-state index in [-0.39, 0.29) is 11.8 Å². The van der Waals surface area contributed by atoms with E-state index in [0.717, 1.165) is 55.1 Å². The molecule has 0 atom stereocenters. The largest absolute Gasteiger partial charge is 0.383 e. The number of hydrogen-bond acceptors (Lipinski definition) is 5. The van der Waals surface area contributed by atoms with Crippen molar-refractivity contribution in [1.82, 2.24) is 9.97 Å². The molecule has 1 saturated heterocycles. The minimum atomic E-state index is -0.122. The molecule has 0 aromatic carbocycles. The van der Waals surface area contributed by atoms with E-state index in [1.165, 1.54) is 0 Å². The van der Waals surface area contributed by atoms with E-state index in [1.807, 2.05) is 20.8 Å². The lowest BCUT2D eigenvalue weighted by molar-refractivity contribution is -0.118. The van der Waals surface area contributed by atoms with Crippen molar-refractivity contribution in [3.8, 4) is 11.1 Å². The van der Waals surface area contributed by atoms with Gasteiger partial charge in [-0.1, -0.05) is 25.4 Å². The summed E-state index contributed by atoms with van der Waals surface area (Å²) in [7, 11) is 0. The third-order valence-corrected chi connectivity index (χ3v) is 5.25. The number of ether oxygens (including phenoxy) is 1. The molecular formula is C21H27ClN4O2. The zero-order valence-corrected chi connectivity index (χ0v) is 17.3. The topological polar surface area (TPSA) is 76.1 Å². The van der Waals surface area contributed by atoms with Crippen molar-refractivity contribution in [1.29, 1.82) is 0 Å². The van der Waals surface area contributed by atoms with E-state index in [9.17, 15) is 4.79 Å². The van der Waals surface area contributed by atoms with Crippen LogP contribution < -0.4 is 10.6 Å². The Morgan fingerprint density at radius 3 is 2.71 bits per heavy atom. The molecule has 2 aromatic rings. The Morgan fingerprint density at radius 2 is 2.00 bits per heavy atom. The van der Waals surface area contributed by atoms with Crippen LogP contribution in [-0.2, 0) is 9.53 Å². The van der Waals surface area contributed by atoms with Gasteiger partial charge in [-0.15, -0.1) is 0 Å². The molecule has 2 N–H and O–H groups in total. The Kier molecular flexibility index (Phi) is 6.86.